The monoisotopic (exact) mass is 274 g/mol. The number of amides is 2. The minimum atomic E-state index is -2.91. The SMILES string of the molecule is CCC1CCCN(C(=O)N2CCS(=O)(=O)CC2)C1. The van der Waals surface area contributed by atoms with E-state index < -0.39 is 9.84 Å². The van der Waals surface area contributed by atoms with Crippen LogP contribution in [0.5, 0.6) is 0 Å². The standard InChI is InChI=1S/C12H22N2O3S/c1-2-11-4-3-5-14(10-11)12(15)13-6-8-18(16,17)9-7-13/h11H,2-10H2,1H3. The first-order chi connectivity index (χ1) is 8.52. The second-order valence-corrected chi connectivity index (χ2v) is 7.59. The van der Waals surface area contributed by atoms with Gasteiger partial charge in [-0.3, -0.25) is 0 Å². The molecule has 18 heavy (non-hydrogen) atoms. The maximum Gasteiger partial charge on any atom is 0.320 e. The lowest BCUT2D eigenvalue weighted by molar-refractivity contribution is 0.130. The molecule has 1 unspecified atom stereocenters. The van der Waals surface area contributed by atoms with Gasteiger partial charge in [-0.25, -0.2) is 13.2 Å². The predicted octanol–water partition coefficient (Wildman–Crippen LogP) is 0.959. The fourth-order valence-electron chi connectivity index (χ4n) is 2.68. The molecule has 0 radical (unpaired) electrons. The molecule has 0 bridgehead atoms. The summed E-state index contributed by atoms with van der Waals surface area (Å²) in [6.45, 7) is 4.52. The van der Waals surface area contributed by atoms with Crippen molar-refractivity contribution in [3.8, 4) is 0 Å². The summed E-state index contributed by atoms with van der Waals surface area (Å²) in [4.78, 5) is 15.9. The van der Waals surface area contributed by atoms with E-state index in [1.807, 2.05) is 4.90 Å². The molecule has 0 aromatic rings. The van der Waals surface area contributed by atoms with Crippen molar-refractivity contribution in [2.24, 2.45) is 5.92 Å². The van der Waals surface area contributed by atoms with Crippen molar-refractivity contribution in [3.63, 3.8) is 0 Å². The van der Waals surface area contributed by atoms with Crippen LogP contribution < -0.4 is 0 Å². The highest BCUT2D eigenvalue weighted by atomic mass is 32.2. The van der Waals surface area contributed by atoms with Gasteiger partial charge in [0, 0.05) is 26.2 Å². The van der Waals surface area contributed by atoms with E-state index in [0.717, 1.165) is 25.9 Å². The summed E-state index contributed by atoms with van der Waals surface area (Å²) in [6, 6.07) is 0.0306. The third kappa shape index (κ3) is 3.16. The molecule has 6 heteroatoms. The molecule has 0 spiro atoms. The van der Waals surface area contributed by atoms with Crippen molar-refractivity contribution in [2.75, 3.05) is 37.7 Å². The third-order valence-electron chi connectivity index (χ3n) is 3.98. The number of hydrogen-bond donors (Lipinski definition) is 0. The predicted molar refractivity (Wildman–Crippen MR) is 70.2 cm³/mol. The Balaban J connectivity index is 1.91. The van der Waals surface area contributed by atoms with Crippen molar-refractivity contribution in [2.45, 2.75) is 26.2 Å². The smallest absolute Gasteiger partial charge is 0.320 e. The summed E-state index contributed by atoms with van der Waals surface area (Å²) in [7, 11) is -2.91. The van der Waals surface area contributed by atoms with E-state index >= 15 is 0 Å². The van der Waals surface area contributed by atoms with Crippen LogP contribution in [-0.2, 0) is 9.84 Å². The Bertz CT molecular complexity index is 394. The summed E-state index contributed by atoms with van der Waals surface area (Å²) in [5, 5.41) is 0. The van der Waals surface area contributed by atoms with E-state index in [-0.39, 0.29) is 17.5 Å². The second kappa shape index (κ2) is 5.47. The van der Waals surface area contributed by atoms with Crippen molar-refractivity contribution >= 4 is 15.9 Å². The number of piperidine rings is 1. The maximum absolute atomic E-state index is 12.3. The molecule has 2 fully saturated rings. The van der Waals surface area contributed by atoms with Crippen LogP contribution >= 0.6 is 0 Å². The molecular formula is C12H22N2O3S. The molecule has 2 rings (SSSR count). The molecule has 0 aromatic carbocycles. The van der Waals surface area contributed by atoms with Gasteiger partial charge in [-0.2, -0.15) is 0 Å². The minimum Gasteiger partial charge on any atom is -0.324 e. The topological polar surface area (TPSA) is 57.7 Å². The average molecular weight is 274 g/mol. The highest BCUT2D eigenvalue weighted by Gasteiger charge is 2.30. The van der Waals surface area contributed by atoms with E-state index in [9.17, 15) is 13.2 Å². The Morgan fingerprint density at radius 1 is 1.17 bits per heavy atom. The van der Waals surface area contributed by atoms with Crippen molar-refractivity contribution in [3.05, 3.63) is 0 Å². The summed E-state index contributed by atoms with van der Waals surface area (Å²) in [6.07, 6.45) is 3.38. The summed E-state index contributed by atoms with van der Waals surface area (Å²) < 4.78 is 22.7. The van der Waals surface area contributed by atoms with Gasteiger partial charge in [0.1, 0.15) is 0 Å². The Morgan fingerprint density at radius 2 is 1.83 bits per heavy atom. The number of hydrogen-bond acceptors (Lipinski definition) is 3. The molecule has 0 saturated carbocycles. The minimum absolute atomic E-state index is 0.0306. The fraction of sp³-hybridized carbons (Fsp3) is 0.917. The normalized spacial score (nSPS) is 28.2. The van der Waals surface area contributed by atoms with E-state index in [4.69, 9.17) is 0 Å². The van der Waals surface area contributed by atoms with Crippen LogP contribution in [0.15, 0.2) is 0 Å². The number of likely N-dealkylation sites (tertiary alicyclic amines) is 1. The van der Waals surface area contributed by atoms with Gasteiger partial charge >= 0.3 is 6.03 Å². The van der Waals surface area contributed by atoms with Gasteiger partial charge in [-0.05, 0) is 18.8 Å². The molecule has 104 valence electrons. The second-order valence-electron chi connectivity index (χ2n) is 5.28. The van der Waals surface area contributed by atoms with Crippen LogP contribution in [-0.4, -0.2) is 61.9 Å². The van der Waals surface area contributed by atoms with Gasteiger partial charge in [-0.1, -0.05) is 13.3 Å². The Morgan fingerprint density at radius 3 is 2.44 bits per heavy atom. The van der Waals surface area contributed by atoms with Crippen LogP contribution in [0.1, 0.15) is 26.2 Å². The van der Waals surface area contributed by atoms with E-state index in [0.29, 0.717) is 19.0 Å². The number of carbonyl (C=O) groups is 1. The van der Waals surface area contributed by atoms with E-state index in [1.54, 1.807) is 4.90 Å². The van der Waals surface area contributed by atoms with Gasteiger partial charge in [0.25, 0.3) is 0 Å². The first-order valence-electron chi connectivity index (χ1n) is 6.76. The van der Waals surface area contributed by atoms with E-state index in [1.165, 1.54) is 6.42 Å². The first-order valence-corrected chi connectivity index (χ1v) is 8.58. The summed E-state index contributed by atoms with van der Waals surface area (Å²) >= 11 is 0. The van der Waals surface area contributed by atoms with Gasteiger partial charge < -0.3 is 9.80 Å². The number of rotatable bonds is 1. The Hall–Kier alpha value is -0.780. The molecule has 2 saturated heterocycles. The fourth-order valence-corrected chi connectivity index (χ4v) is 3.88. The van der Waals surface area contributed by atoms with E-state index in [2.05, 4.69) is 6.92 Å². The number of nitrogens with zero attached hydrogens (tertiary/aromatic N) is 2. The first kappa shape index (κ1) is 13.6. The zero-order chi connectivity index (χ0) is 13.2. The van der Waals surface area contributed by atoms with Crippen molar-refractivity contribution in [1.29, 1.82) is 0 Å². The molecule has 0 aromatic heterocycles. The van der Waals surface area contributed by atoms with Crippen LogP contribution in [0, 0.1) is 5.92 Å². The molecule has 0 N–H and O–H groups in total. The molecule has 2 aliphatic rings. The lowest BCUT2D eigenvalue weighted by atomic mass is 9.96. The largest absolute Gasteiger partial charge is 0.324 e. The van der Waals surface area contributed by atoms with Gasteiger partial charge in [0.2, 0.25) is 0 Å². The lowest BCUT2D eigenvalue weighted by Gasteiger charge is -2.37. The lowest BCUT2D eigenvalue weighted by Crippen LogP contribution is -2.52. The van der Waals surface area contributed by atoms with Gasteiger partial charge in [0.15, 0.2) is 9.84 Å². The molecule has 2 heterocycles. The summed E-state index contributed by atoms with van der Waals surface area (Å²) in [5.74, 6) is 0.837. The molecule has 0 aliphatic carbocycles. The molecule has 1 atom stereocenters. The number of sulfone groups is 1. The van der Waals surface area contributed by atoms with Crippen LogP contribution in [0.25, 0.3) is 0 Å². The molecule has 5 nitrogen and oxygen atoms in total. The highest BCUT2D eigenvalue weighted by molar-refractivity contribution is 7.91. The zero-order valence-corrected chi connectivity index (χ0v) is 11.8. The zero-order valence-electron chi connectivity index (χ0n) is 11.0. The average Bonchev–Trinajstić information content (AvgIpc) is 2.38. The molecule has 2 amide bonds. The van der Waals surface area contributed by atoms with Crippen LogP contribution in [0.4, 0.5) is 4.79 Å². The number of carbonyl (C=O) groups excluding carboxylic acids is 1. The van der Waals surface area contributed by atoms with Gasteiger partial charge in [-0.15, -0.1) is 0 Å². The van der Waals surface area contributed by atoms with Crippen molar-refractivity contribution < 1.29 is 13.2 Å². The Kier molecular flexibility index (Phi) is 4.14. The van der Waals surface area contributed by atoms with Crippen LogP contribution in [0.2, 0.25) is 0 Å². The van der Waals surface area contributed by atoms with Crippen molar-refractivity contribution in [1.82, 2.24) is 9.80 Å². The molecular weight excluding hydrogens is 252 g/mol. The summed E-state index contributed by atoms with van der Waals surface area (Å²) in [5.41, 5.74) is 0. The number of urea groups is 1. The highest BCUT2D eigenvalue weighted by Crippen LogP contribution is 2.20. The molecule has 2 aliphatic heterocycles. The van der Waals surface area contributed by atoms with Crippen LogP contribution in [0.3, 0.4) is 0 Å². The third-order valence-corrected chi connectivity index (χ3v) is 5.59. The van der Waals surface area contributed by atoms with Gasteiger partial charge in [0.05, 0.1) is 11.5 Å². The quantitative estimate of drug-likeness (QED) is 0.715. The maximum atomic E-state index is 12.3. The Labute approximate surface area is 109 Å².